The molecule has 3 aromatic rings. The van der Waals surface area contributed by atoms with Crippen molar-refractivity contribution in [2.75, 3.05) is 13.7 Å². The maximum atomic E-state index is 13.4. The number of rotatable bonds is 9. The van der Waals surface area contributed by atoms with E-state index in [-0.39, 0.29) is 12.0 Å². The predicted molar refractivity (Wildman–Crippen MR) is 128 cm³/mol. The lowest BCUT2D eigenvalue weighted by molar-refractivity contribution is -0.145. The van der Waals surface area contributed by atoms with E-state index in [4.69, 9.17) is 21.1 Å². The van der Waals surface area contributed by atoms with Gasteiger partial charge in [-0.3, -0.25) is 4.79 Å². The summed E-state index contributed by atoms with van der Waals surface area (Å²) < 4.78 is 11.3. The molecule has 1 amide bonds. The van der Waals surface area contributed by atoms with Gasteiger partial charge in [0.2, 0.25) is 0 Å². The van der Waals surface area contributed by atoms with Gasteiger partial charge in [-0.15, -0.1) is 0 Å². The quantitative estimate of drug-likeness (QED) is 0.432. The van der Waals surface area contributed by atoms with Gasteiger partial charge in [0, 0.05) is 16.1 Å². The molecule has 6 nitrogen and oxygen atoms in total. The molecule has 0 aliphatic carbocycles. The van der Waals surface area contributed by atoms with E-state index >= 15 is 0 Å². The van der Waals surface area contributed by atoms with Gasteiger partial charge in [0.15, 0.2) is 17.0 Å². The van der Waals surface area contributed by atoms with E-state index in [0.717, 1.165) is 5.56 Å². The summed E-state index contributed by atoms with van der Waals surface area (Å²) >= 11 is 5.98. The van der Waals surface area contributed by atoms with E-state index in [1.54, 1.807) is 43.3 Å². The Morgan fingerprint density at radius 1 is 1.03 bits per heavy atom. The Hall–Kier alpha value is -3.51. The Bertz CT molecular complexity index is 1130. The normalized spacial score (nSPS) is 12.5. The van der Waals surface area contributed by atoms with E-state index in [2.05, 4.69) is 5.32 Å². The van der Waals surface area contributed by atoms with Crippen molar-refractivity contribution >= 4 is 23.5 Å². The molecule has 0 saturated carbocycles. The highest BCUT2D eigenvalue weighted by molar-refractivity contribution is 6.30. The summed E-state index contributed by atoms with van der Waals surface area (Å²) in [6.45, 7) is 3.91. The van der Waals surface area contributed by atoms with Crippen molar-refractivity contribution < 1.29 is 24.2 Å². The van der Waals surface area contributed by atoms with Crippen LogP contribution in [0.1, 0.15) is 36.2 Å². The van der Waals surface area contributed by atoms with E-state index in [1.165, 1.54) is 7.11 Å². The first kappa shape index (κ1) is 24.1. The molecule has 1 atom stereocenters. The summed E-state index contributed by atoms with van der Waals surface area (Å²) in [6, 6.07) is 19.1. The third kappa shape index (κ3) is 4.96. The van der Waals surface area contributed by atoms with Crippen LogP contribution in [-0.4, -0.2) is 30.7 Å². The highest BCUT2D eigenvalue weighted by atomic mass is 35.5. The highest BCUT2D eigenvalue weighted by Gasteiger charge is 2.40. The number of nitrogens with one attached hydrogen (secondary N) is 1. The average molecular weight is 468 g/mol. The van der Waals surface area contributed by atoms with Crippen molar-refractivity contribution in [1.29, 1.82) is 0 Å². The molecule has 0 saturated heterocycles. The minimum atomic E-state index is -1.62. The van der Waals surface area contributed by atoms with Crippen LogP contribution in [0.2, 0.25) is 5.02 Å². The monoisotopic (exact) mass is 467 g/mol. The maximum absolute atomic E-state index is 13.4. The van der Waals surface area contributed by atoms with Gasteiger partial charge in [-0.25, -0.2) is 4.79 Å². The summed E-state index contributed by atoms with van der Waals surface area (Å²) in [4.78, 5) is 25.8. The number of carbonyl (C=O) groups excluding carboxylic acids is 1. The topological polar surface area (TPSA) is 84.9 Å². The van der Waals surface area contributed by atoms with E-state index in [0.29, 0.717) is 34.3 Å². The number of hydrogen-bond acceptors (Lipinski definition) is 4. The van der Waals surface area contributed by atoms with E-state index in [9.17, 15) is 14.7 Å². The summed E-state index contributed by atoms with van der Waals surface area (Å²) in [5, 5.41) is 13.3. The van der Waals surface area contributed by atoms with Gasteiger partial charge in [0.05, 0.1) is 13.7 Å². The molecule has 0 fully saturated rings. The van der Waals surface area contributed by atoms with Crippen LogP contribution in [0.4, 0.5) is 0 Å². The van der Waals surface area contributed by atoms with Crippen LogP contribution in [0, 0.1) is 0 Å². The lowest BCUT2D eigenvalue weighted by Crippen LogP contribution is -2.51. The number of carbonyl (C=O) groups is 2. The van der Waals surface area contributed by atoms with Crippen molar-refractivity contribution in [3.05, 3.63) is 82.9 Å². The maximum Gasteiger partial charge on any atom is 0.334 e. The molecule has 1 unspecified atom stereocenters. The number of benzene rings is 3. The molecule has 7 heteroatoms. The molecule has 3 aromatic carbocycles. The number of halogens is 1. The Kier molecular flexibility index (Phi) is 7.61. The lowest BCUT2D eigenvalue weighted by atomic mass is 9.86. The van der Waals surface area contributed by atoms with Gasteiger partial charge in [-0.1, -0.05) is 61.0 Å². The standard InChI is InChI=1S/C26H26ClNO5/c1-4-26(25(30)31,19-11-13-20(27)14-12-19)28-24(29)18-15-21(17-9-7-6-8-10-17)23(32-3)22(16-18)33-5-2/h6-16H,4-5H2,1-3H3,(H,28,29)(H,30,31). The summed E-state index contributed by atoms with van der Waals surface area (Å²) in [6.07, 6.45) is 0.135. The largest absolute Gasteiger partial charge is 0.492 e. The fraction of sp³-hybridized carbons (Fsp3) is 0.231. The first-order valence-electron chi connectivity index (χ1n) is 10.6. The molecule has 33 heavy (non-hydrogen) atoms. The van der Waals surface area contributed by atoms with Crippen molar-refractivity contribution in [3.63, 3.8) is 0 Å². The van der Waals surface area contributed by atoms with E-state index in [1.807, 2.05) is 37.3 Å². The molecular weight excluding hydrogens is 442 g/mol. The summed E-state index contributed by atoms with van der Waals surface area (Å²) in [5.41, 5.74) is 0.560. The molecule has 0 spiro atoms. The lowest BCUT2D eigenvalue weighted by Gasteiger charge is -2.30. The molecule has 172 valence electrons. The van der Waals surface area contributed by atoms with Crippen LogP contribution in [-0.2, 0) is 10.3 Å². The second-order valence-corrected chi connectivity index (χ2v) is 7.82. The molecule has 3 rings (SSSR count). The number of amides is 1. The van der Waals surface area contributed by atoms with Crippen LogP contribution >= 0.6 is 11.6 Å². The number of methoxy groups -OCH3 is 1. The highest BCUT2D eigenvalue weighted by Crippen LogP contribution is 2.40. The van der Waals surface area contributed by atoms with Crippen LogP contribution in [0.3, 0.4) is 0 Å². The molecule has 0 heterocycles. The number of hydrogen-bond donors (Lipinski definition) is 2. The van der Waals surface area contributed by atoms with Crippen LogP contribution in [0.5, 0.6) is 11.5 Å². The molecule has 0 aliphatic rings. The summed E-state index contributed by atoms with van der Waals surface area (Å²) in [7, 11) is 1.54. The number of aliphatic carboxylic acids is 1. The minimum absolute atomic E-state index is 0.135. The second kappa shape index (κ2) is 10.4. The zero-order valence-electron chi connectivity index (χ0n) is 18.7. The SMILES string of the molecule is CCOc1cc(C(=O)NC(CC)(C(=O)O)c2ccc(Cl)cc2)cc(-c2ccccc2)c1OC. The predicted octanol–water partition coefficient (Wildman–Crippen LogP) is 5.53. The molecule has 0 aromatic heterocycles. The molecule has 0 radical (unpaired) electrons. The zero-order chi connectivity index (χ0) is 24.0. The van der Waals surface area contributed by atoms with Gasteiger partial charge in [0.25, 0.3) is 5.91 Å². The Morgan fingerprint density at radius 3 is 2.24 bits per heavy atom. The molecule has 0 bridgehead atoms. The summed E-state index contributed by atoms with van der Waals surface area (Å²) in [5.74, 6) is -0.815. The van der Waals surface area contributed by atoms with Crippen molar-refractivity contribution in [2.24, 2.45) is 0 Å². The number of carboxylic acids is 1. The zero-order valence-corrected chi connectivity index (χ0v) is 19.5. The van der Waals surface area contributed by atoms with Gasteiger partial charge in [-0.05, 0) is 48.7 Å². The van der Waals surface area contributed by atoms with Gasteiger partial charge in [0.1, 0.15) is 0 Å². The first-order chi connectivity index (χ1) is 15.9. The van der Waals surface area contributed by atoms with Crippen LogP contribution < -0.4 is 14.8 Å². The van der Waals surface area contributed by atoms with Gasteiger partial charge < -0.3 is 19.9 Å². The van der Waals surface area contributed by atoms with Gasteiger partial charge >= 0.3 is 5.97 Å². The minimum Gasteiger partial charge on any atom is -0.492 e. The van der Waals surface area contributed by atoms with Crippen molar-refractivity contribution in [3.8, 4) is 22.6 Å². The number of carboxylic acid groups (broad SMARTS) is 1. The van der Waals surface area contributed by atoms with Crippen molar-refractivity contribution in [1.82, 2.24) is 5.32 Å². The fourth-order valence-corrected chi connectivity index (χ4v) is 3.86. The number of ether oxygens (including phenoxy) is 2. The Balaban J connectivity index is 2.11. The Labute approximate surface area is 198 Å². The molecular formula is C26H26ClNO5. The average Bonchev–Trinajstić information content (AvgIpc) is 2.83. The van der Waals surface area contributed by atoms with Gasteiger partial charge in [-0.2, -0.15) is 0 Å². The second-order valence-electron chi connectivity index (χ2n) is 7.38. The van der Waals surface area contributed by atoms with Crippen LogP contribution in [0.25, 0.3) is 11.1 Å². The first-order valence-corrected chi connectivity index (χ1v) is 11.0. The fourth-order valence-electron chi connectivity index (χ4n) is 3.73. The smallest absolute Gasteiger partial charge is 0.334 e. The molecule has 2 N–H and O–H groups in total. The third-order valence-electron chi connectivity index (χ3n) is 5.47. The van der Waals surface area contributed by atoms with Crippen LogP contribution in [0.15, 0.2) is 66.7 Å². The van der Waals surface area contributed by atoms with Crippen molar-refractivity contribution in [2.45, 2.75) is 25.8 Å². The third-order valence-corrected chi connectivity index (χ3v) is 5.72. The van der Waals surface area contributed by atoms with E-state index < -0.39 is 17.4 Å². The Morgan fingerprint density at radius 2 is 1.70 bits per heavy atom. The molecule has 0 aliphatic heterocycles.